The third-order valence-electron chi connectivity index (χ3n) is 3.77. The first-order chi connectivity index (χ1) is 12.9. The molecular weight excluding hydrogens is 360 g/mol. The average Bonchev–Trinajstić information content (AvgIpc) is 2.92. The van der Waals surface area contributed by atoms with Crippen molar-refractivity contribution in [3.8, 4) is 5.75 Å². The van der Waals surface area contributed by atoms with Crippen LogP contribution in [0.1, 0.15) is 26.3 Å². The number of thioether (sulfide) groups is 1. The van der Waals surface area contributed by atoms with E-state index in [1.165, 1.54) is 18.7 Å². The predicted octanol–water partition coefficient (Wildman–Crippen LogP) is 4.62. The summed E-state index contributed by atoms with van der Waals surface area (Å²) < 4.78 is 5.03. The maximum atomic E-state index is 12.9. The van der Waals surface area contributed by atoms with Crippen molar-refractivity contribution < 1.29 is 14.3 Å². The molecule has 1 aliphatic rings. The summed E-state index contributed by atoms with van der Waals surface area (Å²) in [5.41, 5.74) is 1.66. The molecule has 1 fully saturated rings. The molecular formula is C21H20N2O3S. The van der Waals surface area contributed by atoms with Crippen LogP contribution < -0.4 is 4.74 Å². The molecule has 0 N–H and O–H groups in total. The molecule has 2 aromatic carbocycles. The fraction of sp³-hybridized carbons (Fsp3) is 0.190. The highest BCUT2D eigenvalue weighted by molar-refractivity contribution is 8.18. The lowest BCUT2D eigenvalue weighted by atomic mass is 10.2. The molecule has 1 heterocycles. The molecule has 2 aromatic rings. The molecule has 27 heavy (non-hydrogen) atoms. The molecule has 0 bridgehead atoms. The number of esters is 1. The third kappa shape index (κ3) is 4.65. The lowest BCUT2D eigenvalue weighted by molar-refractivity contribution is -0.131. The van der Waals surface area contributed by atoms with Gasteiger partial charge < -0.3 is 4.74 Å². The molecule has 0 radical (unpaired) electrons. The van der Waals surface area contributed by atoms with Crippen molar-refractivity contribution in [3.63, 3.8) is 0 Å². The Labute approximate surface area is 162 Å². The fourth-order valence-corrected chi connectivity index (χ4v) is 3.70. The number of aliphatic imine (C=N–C) groups is 1. The van der Waals surface area contributed by atoms with Crippen LogP contribution in [0, 0.1) is 0 Å². The smallest absolute Gasteiger partial charge is 0.308 e. The lowest BCUT2D eigenvalue weighted by Gasteiger charge is -2.19. The Kier molecular flexibility index (Phi) is 5.76. The van der Waals surface area contributed by atoms with Crippen molar-refractivity contribution in [1.29, 1.82) is 0 Å². The molecule has 6 heteroatoms. The van der Waals surface area contributed by atoms with Gasteiger partial charge in [0, 0.05) is 13.0 Å². The molecule has 1 amide bonds. The maximum Gasteiger partial charge on any atom is 0.308 e. The Bertz CT molecular complexity index is 903. The second-order valence-corrected chi connectivity index (χ2v) is 7.28. The van der Waals surface area contributed by atoms with Crippen LogP contribution in [-0.4, -0.2) is 28.0 Å². The lowest BCUT2D eigenvalue weighted by Crippen LogP contribution is -2.35. The third-order valence-corrected chi connectivity index (χ3v) is 4.76. The van der Waals surface area contributed by atoms with Crippen LogP contribution in [0.3, 0.4) is 0 Å². The van der Waals surface area contributed by atoms with E-state index in [-0.39, 0.29) is 17.9 Å². The highest BCUT2D eigenvalue weighted by Crippen LogP contribution is 2.35. The Morgan fingerprint density at radius 1 is 1.11 bits per heavy atom. The topological polar surface area (TPSA) is 59.0 Å². The summed E-state index contributed by atoms with van der Waals surface area (Å²) in [6, 6.07) is 16.6. The first-order valence-corrected chi connectivity index (χ1v) is 9.41. The van der Waals surface area contributed by atoms with Crippen molar-refractivity contribution in [2.24, 2.45) is 4.99 Å². The van der Waals surface area contributed by atoms with Gasteiger partial charge in [-0.15, -0.1) is 0 Å². The SMILES string of the molecule is CC(=O)Oc1ccc(/C=C2\SC(=Nc3ccccc3)N(C(C)C)C2=O)cc1. The highest BCUT2D eigenvalue weighted by atomic mass is 32.2. The number of carbonyl (C=O) groups excluding carboxylic acids is 2. The first-order valence-electron chi connectivity index (χ1n) is 8.59. The summed E-state index contributed by atoms with van der Waals surface area (Å²) >= 11 is 1.36. The van der Waals surface area contributed by atoms with Gasteiger partial charge in [-0.25, -0.2) is 4.99 Å². The molecule has 0 aromatic heterocycles. The van der Waals surface area contributed by atoms with Crippen molar-refractivity contribution in [1.82, 2.24) is 4.90 Å². The van der Waals surface area contributed by atoms with Crippen molar-refractivity contribution >= 4 is 40.6 Å². The number of para-hydroxylation sites is 1. The molecule has 0 atom stereocenters. The number of amidine groups is 1. The Hall–Kier alpha value is -2.86. The zero-order valence-electron chi connectivity index (χ0n) is 15.4. The van der Waals surface area contributed by atoms with Crippen molar-refractivity contribution in [2.45, 2.75) is 26.8 Å². The number of hydrogen-bond acceptors (Lipinski definition) is 5. The molecule has 138 valence electrons. The van der Waals surface area contributed by atoms with Crippen LogP contribution in [0.4, 0.5) is 5.69 Å². The average molecular weight is 380 g/mol. The fourth-order valence-electron chi connectivity index (χ4n) is 2.58. The van der Waals surface area contributed by atoms with E-state index in [0.717, 1.165) is 11.3 Å². The molecule has 0 saturated carbocycles. The van der Waals surface area contributed by atoms with Gasteiger partial charge >= 0.3 is 5.97 Å². The summed E-state index contributed by atoms with van der Waals surface area (Å²) in [5.74, 6) is 0.0518. The molecule has 5 nitrogen and oxygen atoms in total. The minimum Gasteiger partial charge on any atom is -0.427 e. The van der Waals surface area contributed by atoms with Crippen LogP contribution in [0.2, 0.25) is 0 Å². The van der Waals surface area contributed by atoms with Crippen molar-refractivity contribution in [2.75, 3.05) is 0 Å². The van der Waals surface area contributed by atoms with Crippen LogP contribution in [0.5, 0.6) is 5.75 Å². The summed E-state index contributed by atoms with van der Waals surface area (Å²) in [4.78, 5) is 30.8. The molecule has 0 unspecified atom stereocenters. The second-order valence-electron chi connectivity index (χ2n) is 6.27. The Balaban J connectivity index is 1.88. The van der Waals surface area contributed by atoms with Crippen LogP contribution in [0.15, 0.2) is 64.5 Å². The number of ether oxygens (including phenoxy) is 1. The zero-order valence-corrected chi connectivity index (χ0v) is 16.2. The second kappa shape index (κ2) is 8.22. The largest absolute Gasteiger partial charge is 0.427 e. The van der Waals surface area contributed by atoms with Gasteiger partial charge in [0.25, 0.3) is 5.91 Å². The molecule has 3 rings (SSSR count). The standard InChI is InChI=1S/C21H20N2O3S/c1-14(2)23-20(25)19(27-21(23)22-17-7-5-4-6-8-17)13-16-9-11-18(12-10-16)26-15(3)24/h4-14H,1-3H3/b19-13-,22-21?. The van der Waals surface area contributed by atoms with Gasteiger partial charge in [-0.3, -0.25) is 14.5 Å². The van der Waals surface area contributed by atoms with E-state index in [1.807, 2.05) is 62.4 Å². The molecule has 0 aliphatic carbocycles. The summed E-state index contributed by atoms with van der Waals surface area (Å²) in [6.07, 6.45) is 1.83. The Morgan fingerprint density at radius 3 is 2.37 bits per heavy atom. The van der Waals surface area contributed by atoms with Gasteiger partial charge in [0.15, 0.2) is 5.17 Å². The van der Waals surface area contributed by atoms with Gasteiger partial charge in [0.2, 0.25) is 0 Å². The van der Waals surface area contributed by atoms with Crippen molar-refractivity contribution in [3.05, 3.63) is 65.1 Å². The normalized spacial score (nSPS) is 17.2. The number of hydrogen-bond donors (Lipinski definition) is 0. The molecule has 1 aliphatic heterocycles. The van der Waals surface area contributed by atoms with Gasteiger partial charge in [-0.05, 0) is 61.5 Å². The van der Waals surface area contributed by atoms with Gasteiger partial charge in [0.1, 0.15) is 5.75 Å². The number of carbonyl (C=O) groups is 2. The van der Waals surface area contributed by atoms with Crippen LogP contribution in [-0.2, 0) is 9.59 Å². The van der Waals surface area contributed by atoms with E-state index in [1.54, 1.807) is 17.0 Å². The van der Waals surface area contributed by atoms with Gasteiger partial charge in [-0.2, -0.15) is 0 Å². The summed E-state index contributed by atoms with van der Waals surface area (Å²) in [7, 11) is 0. The highest BCUT2D eigenvalue weighted by Gasteiger charge is 2.35. The van der Waals surface area contributed by atoms with E-state index in [2.05, 4.69) is 4.99 Å². The van der Waals surface area contributed by atoms with E-state index in [9.17, 15) is 9.59 Å². The zero-order chi connectivity index (χ0) is 19.4. The van der Waals surface area contributed by atoms with E-state index < -0.39 is 0 Å². The van der Waals surface area contributed by atoms with Crippen LogP contribution >= 0.6 is 11.8 Å². The quantitative estimate of drug-likeness (QED) is 0.441. The van der Waals surface area contributed by atoms with E-state index in [0.29, 0.717) is 15.8 Å². The van der Waals surface area contributed by atoms with E-state index in [4.69, 9.17) is 4.74 Å². The summed E-state index contributed by atoms with van der Waals surface area (Å²) in [6.45, 7) is 5.30. The van der Waals surface area contributed by atoms with Gasteiger partial charge in [-0.1, -0.05) is 30.3 Å². The monoisotopic (exact) mass is 380 g/mol. The minimum absolute atomic E-state index is 0.00436. The van der Waals surface area contributed by atoms with Gasteiger partial charge in [0.05, 0.1) is 10.6 Å². The van der Waals surface area contributed by atoms with Crippen LogP contribution in [0.25, 0.3) is 6.08 Å². The van der Waals surface area contributed by atoms with E-state index >= 15 is 0 Å². The number of amides is 1. The first kappa shape index (κ1) is 18.9. The number of benzene rings is 2. The maximum absolute atomic E-state index is 12.9. The summed E-state index contributed by atoms with van der Waals surface area (Å²) in [5, 5.41) is 0.670. The Morgan fingerprint density at radius 2 is 1.78 bits per heavy atom. The molecule has 1 saturated heterocycles. The number of rotatable bonds is 4. The minimum atomic E-state index is -0.364. The predicted molar refractivity (Wildman–Crippen MR) is 109 cm³/mol. The molecule has 0 spiro atoms. The number of nitrogens with zero attached hydrogens (tertiary/aromatic N) is 2.